The second kappa shape index (κ2) is 7.02. The van der Waals surface area contributed by atoms with Gasteiger partial charge in [-0.2, -0.15) is 0 Å². The van der Waals surface area contributed by atoms with Crippen LogP contribution in [0.2, 0.25) is 5.02 Å². The maximum absolute atomic E-state index is 12.0. The molecule has 0 spiro atoms. The van der Waals surface area contributed by atoms with Gasteiger partial charge in [0.2, 0.25) is 0 Å². The number of carbonyl (C=O) groups is 1. The predicted octanol–water partition coefficient (Wildman–Crippen LogP) is 2.71. The molecule has 0 aromatic heterocycles. The lowest BCUT2D eigenvalue weighted by Gasteiger charge is -2.12. The fourth-order valence-corrected chi connectivity index (χ4v) is 2.14. The molecule has 6 nitrogen and oxygen atoms in total. The zero-order valence-electron chi connectivity index (χ0n) is 11.4. The first-order valence-electron chi connectivity index (χ1n) is 6.44. The summed E-state index contributed by atoms with van der Waals surface area (Å²) in [6, 6.07) is 12.5. The van der Waals surface area contributed by atoms with Crippen molar-refractivity contribution in [2.45, 2.75) is 6.10 Å². The fraction of sp³-hybridized carbons (Fsp3) is 0.133. The molecule has 114 valence electrons. The number of non-ortho nitro benzene ring substituents is 1. The SMILES string of the molecule is O=C(NC[C@H](O)c1ccccc1)c1ccc([N+](=O)[O-])cc1Cl. The zero-order valence-corrected chi connectivity index (χ0v) is 12.2. The smallest absolute Gasteiger partial charge is 0.270 e. The first kappa shape index (κ1) is 15.9. The number of aliphatic hydroxyl groups excluding tert-OH is 1. The van der Waals surface area contributed by atoms with E-state index in [1.807, 2.05) is 6.07 Å². The Hall–Kier alpha value is -2.44. The van der Waals surface area contributed by atoms with Gasteiger partial charge in [-0.15, -0.1) is 0 Å². The molecular formula is C15H13ClN2O4. The van der Waals surface area contributed by atoms with Gasteiger partial charge in [0.15, 0.2) is 0 Å². The molecule has 2 N–H and O–H groups in total. The molecule has 0 saturated heterocycles. The molecule has 0 aliphatic rings. The number of nitro benzene ring substituents is 1. The molecule has 2 aromatic rings. The van der Waals surface area contributed by atoms with Crippen LogP contribution in [0.4, 0.5) is 5.69 Å². The van der Waals surface area contributed by atoms with Crippen molar-refractivity contribution < 1.29 is 14.8 Å². The summed E-state index contributed by atoms with van der Waals surface area (Å²) >= 11 is 5.87. The Labute approximate surface area is 131 Å². The summed E-state index contributed by atoms with van der Waals surface area (Å²) in [5, 5.41) is 23.1. The number of rotatable bonds is 5. The number of hydrogen-bond acceptors (Lipinski definition) is 4. The second-order valence-corrected chi connectivity index (χ2v) is 4.96. The highest BCUT2D eigenvalue weighted by atomic mass is 35.5. The van der Waals surface area contributed by atoms with Gasteiger partial charge < -0.3 is 10.4 Å². The maximum Gasteiger partial charge on any atom is 0.270 e. The molecule has 0 aliphatic heterocycles. The summed E-state index contributed by atoms with van der Waals surface area (Å²) in [6.07, 6.45) is -0.845. The third-order valence-electron chi connectivity index (χ3n) is 3.05. The average Bonchev–Trinajstić information content (AvgIpc) is 2.52. The number of nitro groups is 1. The molecule has 7 heteroatoms. The molecule has 22 heavy (non-hydrogen) atoms. The maximum atomic E-state index is 12.0. The van der Waals surface area contributed by atoms with Crippen molar-refractivity contribution >= 4 is 23.2 Å². The van der Waals surface area contributed by atoms with Crippen molar-refractivity contribution in [3.8, 4) is 0 Å². The van der Waals surface area contributed by atoms with Crippen molar-refractivity contribution in [2.24, 2.45) is 0 Å². The lowest BCUT2D eigenvalue weighted by molar-refractivity contribution is -0.384. The van der Waals surface area contributed by atoms with Crippen LogP contribution in [0.5, 0.6) is 0 Å². The van der Waals surface area contributed by atoms with Gasteiger partial charge >= 0.3 is 0 Å². The monoisotopic (exact) mass is 320 g/mol. The molecule has 0 saturated carbocycles. The van der Waals surface area contributed by atoms with Crippen LogP contribution >= 0.6 is 11.6 Å². The molecule has 1 atom stereocenters. The largest absolute Gasteiger partial charge is 0.387 e. The number of benzene rings is 2. The van der Waals surface area contributed by atoms with E-state index in [1.165, 1.54) is 12.1 Å². The Bertz CT molecular complexity index is 691. The lowest BCUT2D eigenvalue weighted by atomic mass is 10.1. The van der Waals surface area contributed by atoms with Gasteiger partial charge in [0.1, 0.15) is 0 Å². The van der Waals surface area contributed by atoms with Crippen molar-refractivity contribution in [1.29, 1.82) is 0 Å². The highest BCUT2D eigenvalue weighted by Gasteiger charge is 2.16. The summed E-state index contributed by atoms with van der Waals surface area (Å²) in [5.41, 5.74) is 0.607. The van der Waals surface area contributed by atoms with Crippen molar-refractivity contribution in [2.75, 3.05) is 6.54 Å². The molecular weight excluding hydrogens is 308 g/mol. The predicted molar refractivity (Wildman–Crippen MR) is 81.8 cm³/mol. The molecule has 1 amide bonds. The van der Waals surface area contributed by atoms with Crippen LogP contribution in [0, 0.1) is 10.1 Å². The van der Waals surface area contributed by atoms with Gasteiger partial charge in [-0.25, -0.2) is 0 Å². The average molecular weight is 321 g/mol. The van der Waals surface area contributed by atoms with Gasteiger partial charge in [0.05, 0.1) is 21.6 Å². The molecule has 2 aromatic carbocycles. The molecule has 2 rings (SSSR count). The van der Waals surface area contributed by atoms with Crippen LogP contribution in [-0.4, -0.2) is 22.5 Å². The molecule has 0 heterocycles. The van der Waals surface area contributed by atoms with Gasteiger partial charge in [-0.1, -0.05) is 41.9 Å². The quantitative estimate of drug-likeness (QED) is 0.654. The number of hydrogen-bond donors (Lipinski definition) is 2. The number of carbonyl (C=O) groups excluding carboxylic acids is 1. The second-order valence-electron chi connectivity index (χ2n) is 4.56. The number of nitrogens with one attached hydrogen (secondary N) is 1. The van der Waals surface area contributed by atoms with Crippen molar-refractivity contribution in [3.63, 3.8) is 0 Å². The van der Waals surface area contributed by atoms with Crippen LogP contribution in [-0.2, 0) is 0 Å². The third kappa shape index (κ3) is 3.81. The van der Waals surface area contributed by atoms with E-state index in [0.29, 0.717) is 5.56 Å². The minimum absolute atomic E-state index is 0.0101. The third-order valence-corrected chi connectivity index (χ3v) is 3.36. The van der Waals surface area contributed by atoms with Crippen LogP contribution in [0.15, 0.2) is 48.5 Å². The summed E-state index contributed by atoms with van der Waals surface area (Å²) in [6.45, 7) is 0.0101. The first-order chi connectivity index (χ1) is 10.5. The van der Waals surface area contributed by atoms with Gasteiger partial charge in [0, 0.05) is 18.7 Å². The molecule has 0 aliphatic carbocycles. The molecule has 0 radical (unpaired) electrons. The Morgan fingerprint density at radius 3 is 2.55 bits per heavy atom. The van der Waals surface area contributed by atoms with Crippen LogP contribution in [0.25, 0.3) is 0 Å². The van der Waals surface area contributed by atoms with E-state index in [0.717, 1.165) is 6.07 Å². The summed E-state index contributed by atoms with van der Waals surface area (Å²) in [4.78, 5) is 22.0. The van der Waals surface area contributed by atoms with E-state index in [2.05, 4.69) is 5.32 Å². The number of nitrogens with zero attached hydrogens (tertiary/aromatic N) is 1. The molecule has 0 fully saturated rings. The minimum atomic E-state index is -0.845. The Morgan fingerprint density at radius 1 is 1.27 bits per heavy atom. The summed E-state index contributed by atoms with van der Waals surface area (Å²) in [5.74, 6) is -0.505. The number of halogens is 1. The van der Waals surface area contributed by atoms with E-state index in [9.17, 15) is 20.0 Å². The highest BCUT2D eigenvalue weighted by molar-refractivity contribution is 6.34. The summed E-state index contributed by atoms with van der Waals surface area (Å²) in [7, 11) is 0. The van der Waals surface area contributed by atoms with Crippen LogP contribution < -0.4 is 5.32 Å². The number of amides is 1. The van der Waals surface area contributed by atoms with Crippen molar-refractivity contribution in [1.82, 2.24) is 5.32 Å². The van der Waals surface area contributed by atoms with Crippen molar-refractivity contribution in [3.05, 3.63) is 74.8 Å². The first-order valence-corrected chi connectivity index (χ1v) is 6.82. The molecule has 0 unspecified atom stereocenters. The normalized spacial score (nSPS) is 11.7. The van der Waals surface area contributed by atoms with Gasteiger partial charge in [-0.3, -0.25) is 14.9 Å². The number of aliphatic hydroxyl groups is 1. The van der Waals surface area contributed by atoms with Crippen LogP contribution in [0.3, 0.4) is 0 Å². The standard InChI is InChI=1S/C15H13ClN2O4/c16-13-8-11(18(21)22)6-7-12(13)15(20)17-9-14(19)10-4-2-1-3-5-10/h1-8,14,19H,9H2,(H,17,20)/t14-/m0/s1. The zero-order chi connectivity index (χ0) is 16.1. The van der Waals surface area contributed by atoms with E-state index in [4.69, 9.17) is 11.6 Å². The minimum Gasteiger partial charge on any atom is -0.387 e. The van der Waals surface area contributed by atoms with E-state index in [-0.39, 0.29) is 22.8 Å². The lowest BCUT2D eigenvalue weighted by Crippen LogP contribution is -2.28. The fourth-order valence-electron chi connectivity index (χ4n) is 1.88. The molecule has 0 bridgehead atoms. The Balaban J connectivity index is 2.02. The summed E-state index contributed by atoms with van der Waals surface area (Å²) < 4.78 is 0. The van der Waals surface area contributed by atoms with E-state index in [1.54, 1.807) is 24.3 Å². The Morgan fingerprint density at radius 2 is 1.95 bits per heavy atom. The van der Waals surface area contributed by atoms with Crippen LogP contribution in [0.1, 0.15) is 22.0 Å². The van der Waals surface area contributed by atoms with Gasteiger partial charge in [0.25, 0.3) is 11.6 Å². The highest BCUT2D eigenvalue weighted by Crippen LogP contribution is 2.22. The van der Waals surface area contributed by atoms with E-state index >= 15 is 0 Å². The van der Waals surface area contributed by atoms with Gasteiger partial charge in [-0.05, 0) is 11.6 Å². The topological polar surface area (TPSA) is 92.5 Å². The Kier molecular flexibility index (Phi) is 5.08. The van der Waals surface area contributed by atoms with E-state index < -0.39 is 16.9 Å².